The van der Waals surface area contributed by atoms with Crippen LogP contribution in [-0.4, -0.2) is 9.97 Å². The maximum Gasteiger partial charge on any atom is 0.148 e. The van der Waals surface area contributed by atoms with E-state index in [-0.39, 0.29) is 5.82 Å². The van der Waals surface area contributed by atoms with Crippen LogP contribution in [-0.2, 0) is 5.41 Å². The zero-order chi connectivity index (χ0) is 14.9. The number of nitriles is 1. The Morgan fingerprint density at radius 1 is 1.25 bits per heavy atom. The van der Waals surface area contributed by atoms with Gasteiger partial charge < -0.3 is 0 Å². The van der Waals surface area contributed by atoms with E-state index in [1.807, 2.05) is 0 Å². The summed E-state index contributed by atoms with van der Waals surface area (Å²) in [5.74, 6) is 0.0430. The fraction of sp³-hybridized carbons (Fsp3) is 0.267. The van der Waals surface area contributed by atoms with Crippen molar-refractivity contribution in [2.45, 2.75) is 26.2 Å². The van der Waals surface area contributed by atoms with Gasteiger partial charge in [0.25, 0.3) is 0 Å². The lowest BCUT2D eigenvalue weighted by atomic mass is 9.94. The highest BCUT2D eigenvalue weighted by Gasteiger charge is 2.24. The lowest BCUT2D eigenvalue weighted by Gasteiger charge is -2.15. The van der Waals surface area contributed by atoms with Gasteiger partial charge in [0.15, 0.2) is 0 Å². The third-order valence-electron chi connectivity index (χ3n) is 2.90. The lowest BCUT2D eigenvalue weighted by Crippen LogP contribution is -2.19. The first kappa shape index (κ1) is 14.6. The molecule has 0 unspecified atom stereocenters. The van der Waals surface area contributed by atoms with E-state index in [9.17, 15) is 9.65 Å². The number of benzene rings is 1. The van der Waals surface area contributed by atoms with Crippen LogP contribution in [0.2, 0.25) is 0 Å². The summed E-state index contributed by atoms with van der Waals surface area (Å²) in [4.78, 5) is 8.64. The molecule has 2 aromatic rings. The summed E-state index contributed by atoms with van der Waals surface area (Å²) >= 11 is 3.32. The van der Waals surface area contributed by atoms with E-state index in [0.29, 0.717) is 22.8 Å². The molecule has 0 atom stereocenters. The topological polar surface area (TPSA) is 49.6 Å². The van der Waals surface area contributed by atoms with Gasteiger partial charge in [-0.05, 0) is 45.0 Å². The van der Waals surface area contributed by atoms with Crippen LogP contribution in [0.25, 0.3) is 11.3 Å². The Morgan fingerprint density at radius 2 is 1.95 bits per heavy atom. The van der Waals surface area contributed by atoms with E-state index < -0.39 is 5.41 Å². The fourth-order valence-electron chi connectivity index (χ4n) is 1.73. The van der Waals surface area contributed by atoms with Crippen LogP contribution < -0.4 is 0 Å². The van der Waals surface area contributed by atoms with Crippen molar-refractivity contribution in [1.82, 2.24) is 9.97 Å². The van der Waals surface area contributed by atoms with E-state index in [1.54, 1.807) is 39.0 Å². The molecule has 0 N–H and O–H groups in total. The van der Waals surface area contributed by atoms with Gasteiger partial charge in [0, 0.05) is 15.7 Å². The van der Waals surface area contributed by atoms with Crippen LogP contribution in [0.1, 0.15) is 25.4 Å². The summed E-state index contributed by atoms with van der Waals surface area (Å²) in [5, 5.41) is 9.19. The van der Waals surface area contributed by atoms with Crippen molar-refractivity contribution in [3.8, 4) is 17.3 Å². The van der Waals surface area contributed by atoms with Crippen molar-refractivity contribution in [3.05, 3.63) is 46.1 Å². The van der Waals surface area contributed by atoms with E-state index in [2.05, 4.69) is 32.0 Å². The second-order valence-electron chi connectivity index (χ2n) is 5.08. The highest BCUT2D eigenvalue weighted by molar-refractivity contribution is 9.10. The van der Waals surface area contributed by atoms with Gasteiger partial charge in [-0.3, -0.25) is 0 Å². The monoisotopic (exact) mass is 333 g/mol. The summed E-state index contributed by atoms with van der Waals surface area (Å²) in [6.07, 6.45) is 0. The van der Waals surface area contributed by atoms with Gasteiger partial charge in [0.1, 0.15) is 17.1 Å². The maximum atomic E-state index is 14.0. The molecule has 1 heterocycles. The Hall–Kier alpha value is -1.80. The third-order valence-corrected chi connectivity index (χ3v) is 3.39. The van der Waals surface area contributed by atoms with Crippen LogP contribution in [0.15, 0.2) is 28.7 Å². The highest BCUT2D eigenvalue weighted by Crippen LogP contribution is 2.27. The molecular weight excluding hydrogens is 321 g/mol. The van der Waals surface area contributed by atoms with E-state index >= 15 is 0 Å². The number of aryl methyl sites for hydroxylation is 1. The van der Waals surface area contributed by atoms with Crippen LogP contribution in [0, 0.1) is 24.1 Å². The van der Waals surface area contributed by atoms with Gasteiger partial charge >= 0.3 is 0 Å². The van der Waals surface area contributed by atoms with Crippen LogP contribution in [0.3, 0.4) is 0 Å². The molecule has 1 aromatic heterocycles. The van der Waals surface area contributed by atoms with Crippen molar-refractivity contribution in [2.75, 3.05) is 0 Å². The van der Waals surface area contributed by atoms with Crippen molar-refractivity contribution in [2.24, 2.45) is 0 Å². The van der Waals surface area contributed by atoms with Crippen molar-refractivity contribution in [3.63, 3.8) is 0 Å². The predicted molar refractivity (Wildman–Crippen MR) is 78.5 cm³/mol. The minimum Gasteiger partial charge on any atom is -0.236 e. The molecule has 3 nitrogen and oxygen atoms in total. The fourth-order valence-corrected chi connectivity index (χ4v) is 2.09. The third kappa shape index (κ3) is 2.86. The Morgan fingerprint density at radius 3 is 2.60 bits per heavy atom. The summed E-state index contributed by atoms with van der Waals surface area (Å²) in [5.41, 5.74) is 0.755. The zero-order valence-electron chi connectivity index (χ0n) is 11.4. The van der Waals surface area contributed by atoms with Crippen molar-refractivity contribution < 1.29 is 4.39 Å². The molecule has 0 amide bonds. The largest absolute Gasteiger partial charge is 0.236 e. The second-order valence-corrected chi connectivity index (χ2v) is 5.99. The number of rotatable bonds is 2. The van der Waals surface area contributed by atoms with Gasteiger partial charge in [-0.25, -0.2) is 14.4 Å². The Labute approximate surface area is 125 Å². The van der Waals surface area contributed by atoms with Gasteiger partial charge in [-0.2, -0.15) is 5.26 Å². The smallest absolute Gasteiger partial charge is 0.148 e. The molecule has 102 valence electrons. The Balaban J connectivity index is 2.65. The first-order valence-corrected chi connectivity index (χ1v) is 6.85. The van der Waals surface area contributed by atoms with Gasteiger partial charge in [-0.15, -0.1) is 0 Å². The number of hydrogen-bond acceptors (Lipinski definition) is 3. The molecule has 0 spiro atoms. The molecule has 0 saturated carbocycles. The molecule has 2 rings (SSSR count). The molecule has 0 aliphatic heterocycles. The number of nitrogens with zero attached hydrogens (tertiary/aromatic N) is 3. The average molecular weight is 334 g/mol. The first-order valence-electron chi connectivity index (χ1n) is 6.06. The van der Waals surface area contributed by atoms with Gasteiger partial charge in [0.2, 0.25) is 0 Å². The average Bonchev–Trinajstić information content (AvgIpc) is 2.40. The highest BCUT2D eigenvalue weighted by atomic mass is 79.9. The summed E-state index contributed by atoms with van der Waals surface area (Å²) in [6.45, 7) is 5.28. The van der Waals surface area contributed by atoms with Crippen molar-refractivity contribution in [1.29, 1.82) is 5.26 Å². The second kappa shape index (κ2) is 5.29. The van der Waals surface area contributed by atoms with E-state index in [1.165, 1.54) is 6.07 Å². The number of aromatic nitrogens is 2. The van der Waals surface area contributed by atoms with Crippen LogP contribution in [0.5, 0.6) is 0 Å². The summed E-state index contributed by atoms with van der Waals surface area (Å²) in [6, 6.07) is 8.55. The molecule has 0 bridgehead atoms. The molecule has 20 heavy (non-hydrogen) atoms. The summed E-state index contributed by atoms with van der Waals surface area (Å²) < 4.78 is 14.7. The SMILES string of the molecule is Cc1cc(-c2cc(Br)ccc2F)nc(C(C)(C)C#N)n1. The normalized spacial score (nSPS) is 11.2. The van der Waals surface area contributed by atoms with Crippen LogP contribution >= 0.6 is 15.9 Å². The van der Waals surface area contributed by atoms with Crippen molar-refractivity contribution >= 4 is 15.9 Å². The molecule has 5 heteroatoms. The lowest BCUT2D eigenvalue weighted by molar-refractivity contribution is 0.619. The number of halogens is 2. The molecule has 0 radical (unpaired) electrons. The molecular formula is C15H13BrFN3. The molecule has 0 aliphatic carbocycles. The molecule has 0 saturated heterocycles. The van der Waals surface area contributed by atoms with Crippen LogP contribution in [0.4, 0.5) is 4.39 Å². The first-order chi connectivity index (χ1) is 9.33. The van der Waals surface area contributed by atoms with E-state index in [0.717, 1.165) is 4.47 Å². The molecule has 1 aromatic carbocycles. The maximum absolute atomic E-state index is 14.0. The minimum absolute atomic E-state index is 0.355. The Kier molecular flexibility index (Phi) is 3.87. The summed E-state index contributed by atoms with van der Waals surface area (Å²) in [7, 11) is 0. The Bertz CT molecular complexity index is 705. The molecule has 0 fully saturated rings. The quantitative estimate of drug-likeness (QED) is 0.829. The number of hydrogen-bond donors (Lipinski definition) is 0. The van der Waals surface area contributed by atoms with E-state index in [4.69, 9.17) is 0 Å². The molecule has 0 aliphatic rings. The predicted octanol–water partition coefficient (Wildman–Crippen LogP) is 4.15. The zero-order valence-corrected chi connectivity index (χ0v) is 13.0. The van der Waals surface area contributed by atoms with Gasteiger partial charge in [-0.1, -0.05) is 15.9 Å². The minimum atomic E-state index is -0.816. The standard InChI is InChI=1S/C15H13BrFN3/c1-9-6-13(11-7-10(16)4-5-12(11)17)20-14(19-9)15(2,3)8-18/h4-7H,1-3H3. The van der Waals surface area contributed by atoms with Gasteiger partial charge in [0.05, 0.1) is 11.8 Å².